The fraction of sp³-hybridized carbons (Fsp3) is 0.229. The Morgan fingerprint density at radius 1 is 0.976 bits per heavy atom. The molecule has 1 aliphatic heterocycles. The minimum atomic E-state index is 0.122. The Morgan fingerprint density at radius 2 is 1.66 bits per heavy atom. The zero-order valence-corrected chi connectivity index (χ0v) is 24.1. The molecule has 1 fully saturated rings. The van der Waals surface area contributed by atoms with Crippen molar-refractivity contribution in [3.63, 3.8) is 0 Å². The number of aromatic nitrogens is 2. The van der Waals surface area contributed by atoms with Crippen LogP contribution in [0, 0.1) is 6.92 Å². The molecule has 1 saturated heterocycles. The molecule has 0 saturated carbocycles. The quantitative estimate of drug-likeness (QED) is 0.191. The van der Waals surface area contributed by atoms with Crippen molar-refractivity contribution >= 4 is 22.8 Å². The van der Waals surface area contributed by atoms with Crippen LogP contribution in [0.3, 0.4) is 0 Å². The number of likely N-dealkylation sites (tertiary alicyclic amines) is 1. The van der Waals surface area contributed by atoms with Gasteiger partial charge in [-0.2, -0.15) is 0 Å². The molecule has 3 aromatic carbocycles. The van der Waals surface area contributed by atoms with E-state index >= 15 is 0 Å². The number of thiazole rings is 1. The van der Waals surface area contributed by atoms with E-state index in [0.717, 1.165) is 94.3 Å². The molecule has 0 bridgehead atoms. The van der Waals surface area contributed by atoms with Crippen molar-refractivity contribution in [2.45, 2.75) is 38.5 Å². The topological polar surface area (TPSA) is 59.2 Å². The first-order chi connectivity index (χ1) is 20.1. The summed E-state index contributed by atoms with van der Waals surface area (Å²) in [6, 6.07) is 28.4. The molecule has 3 heterocycles. The summed E-state index contributed by atoms with van der Waals surface area (Å²) in [6.45, 7) is 7.67. The van der Waals surface area contributed by atoms with Gasteiger partial charge in [0.1, 0.15) is 11.5 Å². The van der Waals surface area contributed by atoms with Crippen LogP contribution in [0.1, 0.15) is 57.4 Å². The molecule has 5 aromatic rings. The first-order valence-electron chi connectivity index (χ1n) is 14.2. The Morgan fingerprint density at radius 3 is 2.41 bits per heavy atom. The molecule has 5 nitrogen and oxygen atoms in total. The van der Waals surface area contributed by atoms with Gasteiger partial charge in [-0.1, -0.05) is 90.6 Å². The Bertz CT molecular complexity index is 1650. The lowest BCUT2D eigenvalue weighted by Gasteiger charge is -2.31. The SMILES string of the molecule is C=C(CCc1ccccc1C(=O)N1CCC(c2nc(-c3c(-c4ccccc4)noc3C)cs2)CC1)c1ccccc1. The third-order valence-corrected chi connectivity index (χ3v) is 8.95. The molecule has 0 atom stereocenters. The maximum Gasteiger partial charge on any atom is 0.254 e. The van der Waals surface area contributed by atoms with Crippen LogP contribution >= 0.6 is 11.3 Å². The Hall–Kier alpha value is -4.29. The van der Waals surface area contributed by atoms with Gasteiger partial charge in [0.05, 0.1) is 16.3 Å². The van der Waals surface area contributed by atoms with E-state index in [1.165, 1.54) is 0 Å². The minimum absolute atomic E-state index is 0.122. The van der Waals surface area contributed by atoms with Crippen LogP contribution in [0.5, 0.6) is 0 Å². The molecule has 1 amide bonds. The van der Waals surface area contributed by atoms with Gasteiger partial charge in [-0.15, -0.1) is 11.3 Å². The summed E-state index contributed by atoms with van der Waals surface area (Å²) in [5.74, 6) is 1.23. The molecule has 2 aromatic heterocycles. The molecule has 0 N–H and O–H groups in total. The van der Waals surface area contributed by atoms with Gasteiger partial charge in [-0.05, 0) is 55.4 Å². The van der Waals surface area contributed by atoms with Crippen LogP contribution in [0.2, 0.25) is 0 Å². The molecule has 0 unspecified atom stereocenters. The monoisotopic (exact) mass is 559 g/mol. The van der Waals surface area contributed by atoms with E-state index in [2.05, 4.69) is 35.3 Å². The summed E-state index contributed by atoms with van der Waals surface area (Å²) in [5.41, 5.74) is 7.84. The highest BCUT2D eigenvalue weighted by molar-refractivity contribution is 7.10. The second kappa shape index (κ2) is 12.1. The molecule has 41 heavy (non-hydrogen) atoms. The van der Waals surface area contributed by atoms with Crippen LogP contribution in [0.15, 0.2) is 101 Å². The summed E-state index contributed by atoms with van der Waals surface area (Å²) in [7, 11) is 0. The molecule has 206 valence electrons. The number of piperidine rings is 1. The number of allylic oxidation sites excluding steroid dienone is 1. The summed E-state index contributed by atoms with van der Waals surface area (Å²) in [6.07, 6.45) is 3.42. The van der Waals surface area contributed by atoms with Gasteiger partial charge < -0.3 is 9.42 Å². The van der Waals surface area contributed by atoms with Crippen molar-refractivity contribution in [3.05, 3.63) is 124 Å². The van der Waals surface area contributed by atoms with Crippen LogP contribution < -0.4 is 0 Å². The van der Waals surface area contributed by atoms with Crippen molar-refractivity contribution in [1.29, 1.82) is 0 Å². The fourth-order valence-electron chi connectivity index (χ4n) is 5.61. The summed E-state index contributed by atoms with van der Waals surface area (Å²) in [4.78, 5) is 20.7. The molecule has 6 rings (SSSR count). The van der Waals surface area contributed by atoms with Gasteiger partial charge in [-0.25, -0.2) is 4.98 Å². The molecular weight excluding hydrogens is 526 g/mol. The predicted molar refractivity (Wildman–Crippen MR) is 166 cm³/mol. The second-order valence-electron chi connectivity index (χ2n) is 10.6. The van der Waals surface area contributed by atoms with Gasteiger partial charge in [0.25, 0.3) is 5.91 Å². The Labute approximate surface area is 245 Å². The van der Waals surface area contributed by atoms with E-state index in [4.69, 9.17) is 9.51 Å². The lowest BCUT2D eigenvalue weighted by Crippen LogP contribution is -2.38. The van der Waals surface area contributed by atoms with E-state index < -0.39 is 0 Å². The minimum Gasteiger partial charge on any atom is -0.360 e. The van der Waals surface area contributed by atoms with Crippen molar-refractivity contribution in [2.24, 2.45) is 0 Å². The van der Waals surface area contributed by atoms with Crippen molar-refractivity contribution < 1.29 is 9.32 Å². The Kier molecular flexibility index (Phi) is 7.92. The number of carbonyl (C=O) groups is 1. The van der Waals surface area contributed by atoms with E-state index in [9.17, 15) is 4.79 Å². The highest BCUT2D eigenvalue weighted by Crippen LogP contribution is 2.38. The highest BCUT2D eigenvalue weighted by atomic mass is 32.1. The van der Waals surface area contributed by atoms with Gasteiger partial charge in [0.15, 0.2) is 0 Å². The van der Waals surface area contributed by atoms with Crippen molar-refractivity contribution in [3.8, 4) is 22.5 Å². The number of amides is 1. The molecule has 1 aliphatic rings. The highest BCUT2D eigenvalue weighted by Gasteiger charge is 2.28. The second-order valence-corrected chi connectivity index (χ2v) is 11.5. The van der Waals surface area contributed by atoms with E-state index in [-0.39, 0.29) is 5.91 Å². The van der Waals surface area contributed by atoms with Gasteiger partial charge in [0, 0.05) is 35.5 Å². The molecule has 0 radical (unpaired) electrons. The van der Waals surface area contributed by atoms with Crippen LogP contribution in [0.25, 0.3) is 28.1 Å². The predicted octanol–water partition coefficient (Wildman–Crippen LogP) is 8.44. The lowest BCUT2D eigenvalue weighted by molar-refractivity contribution is 0.0712. The van der Waals surface area contributed by atoms with Gasteiger partial charge in [0.2, 0.25) is 0 Å². The third kappa shape index (κ3) is 5.79. The van der Waals surface area contributed by atoms with E-state index in [1.807, 2.05) is 78.6 Å². The van der Waals surface area contributed by atoms with Crippen molar-refractivity contribution in [1.82, 2.24) is 15.0 Å². The number of hydrogen-bond donors (Lipinski definition) is 0. The molecular formula is C35H33N3O2S. The standard InChI is InChI=1S/C35H33N3O2S/c1-24(26-11-5-3-6-12-26)17-18-27-13-9-10-16-30(27)35(39)38-21-19-29(20-22-38)34-36-31(23-41-34)32-25(2)40-37-33(32)28-14-7-4-8-15-28/h3-16,23,29H,1,17-22H2,2H3. The zero-order chi connectivity index (χ0) is 28.2. The lowest BCUT2D eigenvalue weighted by atomic mass is 9.94. The largest absolute Gasteiger partial charge is 0.360 e. The maximum absolute atomic E-state index is 13.6. The van der Waals surface area contributed by atoms with Crippen molar-refractivity contribution in [2.75, 3.05) is 13.1 Å². The number of benzene rings is 3. The number of aryl methyl sites for hydroxylation is 2. The average Bonchev–Trinajstić information content (AvgIpc) is 3.67. The third-order valence-electron chi connectivity index (χ3n) is 7.95. The van der Waals surface area contributed by atoms with Crippen LogP contribution in [0.4, 0.5) is 0 Å². The molecule has 0 aliphatic carbocycles. The van der Waals surface area contributed by atoms with E-state index in [0.29, 0.717) is 5.92 Å². The number of carbonyl (C=O) groups excluding carboxylic acids is 1. The first-order valence-corrected chi connectivity index (χ1v) is 15.0. The smallest absolute Gasteiger partial charge is 0.254 e. The maximum atomic E-state index is 13.6. The number of hydrogen-bond acceptors (Lipinski definition) is 5. The van der Waals surface area contributed by atoms with Crippen LogP contribution in [-0.2, 0) is 6.42 Å². The fourth-order valence-corrected chi connectivity index (χ4v) is 6.59. The summed E-state index contributed by atoms with van der Waals surface area (Å²) in [5, 5.41) is 7.55. The average molecular weight is 560 g/mol. The van der Waals surface area contributed by atoms with Gasteiger partial charge in [-0.3, -0.25) is 4.79 Å². The number of nitrogens with zero attached hydrogens (tertiary/aromatic N) is 3. The molecule has 0 spiro atoms. The van der Waals surface area contributed by atoms with Crippen LogP contribution in [-0.4, -0.2) is 34.0 Å². The normalized spacial score (nSPS) is 13.8. The Balaban J connectivity index is 1.11. The van der Waals surface area contributed by atoms with Gasteiger partial charge >= 0.3 is 0 Å². The molecule has 6 heteroatoms. The first kappa shape index (κ1) is 26.9. The summed E-state index contributed by atoms with van der Waals surface area (Å²) < 4.78 is 5.57. The zero-order valence-electron chi connectivity index (χ0n) is 23.3. The number of rotatable bonds is 8. The van der Waals surface area contributed by atoms with E-state index in [1.54, 1.807) is 11.3 Å². The summed E-state index contributed by atoms with van der Waals surface area (Å²) >= 11 is 1.69.